The molecule has 4 aliphatic heterocycles. The number of fused-ring (bicyclic) bond motifs is 1. The fourth-order valence-electron chi connectivity index (χ4n) is 7.22. The summed E-state index contributed by atoms with van der Waals surface area (Å²) in [5.74, 6) is 1.38. The molecule has 0 bridgehead atoms. The molecule has 11 heteroatoms. The van der Waals surface area contributed by atoms with Gasteiger partial charge in [-0.3, -0.25) is 25.6 Å². The van der Waals surface area contributed by atoms with Gasteiger partial charge in [-0.1, -0.05) is 6.42 Å². The number of ether oxygens (including phenoxy) is 1. The quantitative estimate of drug-likeness (QED) is 0.234. The number of nitrogens with one attached hydrogen (secondary N) is 6. The summed E-state index contributed by atoms with van der Waals surface area (Å²) in [4.78, 5) is 17.9. The molecule has 5 fully saturated rings. The number of likely N-dealkylation sites (N-methyl/N-ethyl adjacent to an activating group) is 2. The first-order valence-corrected chi connectivity index (χ1v) is 14.1. The van der Waals surface area contributed by atoms with Gasteiger partial charge in [0.2, 0.25) is 5.91 Å². The average molecular weight is 508 g/mol. The van der Waals surface area contributed by atoms with Crippen molar-refractivity contribution in [1.82, 2.24) is 46.8 Å². The predicted molar refractivity (Wildman–Crippen MR) is 140 cm³/mol. The molecule has 9 atom stereocenters. The Bertz CT molecular complexity index is 736. The number of carbonyl (C=O) groups excluding carboxylic acids is 1. The highest BCUT2D eigenvalue weighted by Crippen LogP contribution is 2.37. The second-order valence-corrected chi connectivity index (χ2v) is 11.7. The number of piperazine rings is 1. The molecule has 0 aromatic heterocycles. The van der Waals surface area contributed by atoms with E-state index in [1.54, 1.807) is 7.11 Å². The van der Waals surface area contributed by atoms with Gasteiger partial charge in [-0.25, -0.2) is 10.4 Å². The molecule has 4 heterocycles. The zero-order valence-electron chi connectivity index (χ0n) is 22.6. The fourth-order valence-corrected chi connectivity index (χ4v) is 7.22. The van der Waals surface area contributed by atoms with Crippen LogP contribution in [0.3, 0.4) is 0 Å². The van der Waals surface area contributed by atoms with Crippen molar-refractivity contribution < 1.29 is 9.53 Å². The summed E-state index contributed by atoms with van der Waals surface area (Å²) in [6.45, 7) is 9.00. The summed E-state index contributed by atoms with van der Waals surface area (Å²) in [6.07, 6.45) is 4.69. The summed E-state index contributed by atoms with van der Waals surface area (Å²) in [5, 5.41) is 20.6. The minimum atomic E-state index is -0.0609. The van der Waals surface area contributed by atoms with Crippen molar-refractivity contribution in [2.75, 3.05) is 67.0 Å². The number of hydrazine groups is 1. The normalized spacial score (nSPS) is 41.8. The zero-order valence-corrected chi connectivity index (χ0v) is 22.6. The smallest absolute Gasteiger partial charge is 0.237 e. The second kappa shape index (κ2) is 11.9. The third-order valence-electron chi connectivity index (χ3n) is 9.40. The Morgan fingerprint density at radius 3 is 2.61 bits per heavy atom. The largest absolute Gasteiger partial charge is 0.364 e. The van der Waals surface area contributed by atoms with Crippen molar-refractivity contribution in [1.29, 1.82) is 0 Å². The molecule has 206 valence electrons. The third kappa shape index (κ3) is 5.89. The molecule has 4 saturated heterocycles. The number of nitrogens with zero attached hydrogens (tertiary/aromatic N) is 3. The molecular weight excluding hydrogens is 458 g/mol. The van der Waals surface area contributed by atoms with E-state index in [9.17, 15) is 4.79 Å². The molecule has 0 aromatic rings. The monoisotopic (exact) mass is 507 g/mol. The van der Waals surface area contributed by atoms with E-state index in [0.29, 0.717) is 23.9 Å². The van der Waals surface area contributed by atoms with Gasteiger partial charge >= 0.3 is 0 Å². The molecule has 5 rings (SSSR count). The fraction of sp³-hybridized carbons (Fsp3) is 0.960. The third-order valence-corrected chi connectivity index (χ3v) is 9.40. The average Bonchev–Trinajstić information content (AvgIpc) is 3.47. The van der Waals surface area contributed by atoms with E-state index in [4.69, 9.17) is 4.74 Å². The molecular formula is C25H49N9O2. The molecule has 1 saturated carbocycles. The number of hydrogen-bond donors (Lipinski definition) is 6. The van der Waals surface area contributed by atoms with Crippen LogP contribution in [0.1, 0.15) is 32.6 Å². The molecule has 1 aliphatic carbocycles. The molecule has 6 N–H and O–H groups in total. The van der Waals surface area contributed by atoms with Crippen LogP contribution in [0.4, 0.5) is 0 Å². The highest BCUT2D eigenvalue weighted by atomic mass is 16.5. The summed E-state index contributed by atoms with van der Waals surface area (Å²) in [7, 11) is 5.96. The molecule has 8 unspecified atom stereocenters. The van der Waals surface area contributed by atoms with E-state index >= 15 is 0 Å². The topological polar surface area (TPSA) is 108 Å². The Morgan fingerprint density at radius 1 is 1.03 bits per heavy atom. The lowest BCUT2D eigenvalue weighted by atomic mass is 9.74. The van der Waals surface area contributed by atoms with E-state index in [2.05, 4.69) is 60.8 Å². The Kier molecular flexibility index (Phi) is 8.81. The molecule has 0 radical (unpaired) electrons. The molecule has 5 aliphatic rings. The van der Waals surface area contributed by atoms with Crippen LogP contribution in [0.25, 0.3) is 0 Å². The molecule has 0 spiro atoms. The summed E-state index contributed by atoms with van der Waals surface area (Å²) < 4.78 is 5.62. The van der Waals surface area contributed by atoms with Gasteiger partial charge in [0.1, 0.15) is 12.5 Å². The Balaban J connectivity index is 1.14. The van der Waals surface area contributed by atoms with E-state index in [-0.39, 0.29) is 36.6 Å². The van der Waals surface area contributed by atoms with Crippen LogP contribution in [0.5, 0.6) is 0 Å². The van der Waals surface area contributed by atoms with Gasteiger partial charge < -0.3 is 20.3 Å². The number of amides is 1. The van der Waals surface area contributed by atoms with Crippen molar-refractivity contribution >= 4 is 5.91 Å². The summed E-state index contributed by atoms with van der Waals surface area (Å²) >= 11 is 0. The molecule has 1 amide bonds. The first kappa shape index (κ1) is 26.7. The second-order valence-electron chi connectivity index (χ2n) is 11.7. The molecule has 0 aromatic carbocycles. The zero-order chi connectivity index (χ0) is 25.2. The lowest BCUT2D eigenvalue weighted by molar-refractivity contribution is -0.127. The van der Waals surface area contributed by atoms with Crippen LogP contribution in [0, 0.1) is 11.8 Å². The summed E-state index contributed by atoms with van der Waals surface area (Å²) in [6, 6.07) is 1.22. The van der Waals surface area contributed by atoms with Gasteiger partial charge in [-0.05, 0) is 51.6 Å². The first-order valence-electron chi connectivity index (χ1n) is 14.1. The maximum Gasteiger partial charge on any atom is 0.237 e. The molecule has 11 nitrogen and oxygen atoms in total. The van der Waals surface area contributed by atoms with E-state index in [1.165, 1.54) is 12.8 Å². The standard InChI is InChI=1S/C25H49N9O2/c1-16(34-12-10-32(2)11-13-34)23(35)28-20-7-5-6-17-18(14-27-22(17)20)19-8-9-26-25(29-19)30-21-15-33(3)31-24(21)36-4/h16-22,24-27,29-31H,5-15H2,1-4H3,(H,28,35)/t16-,17?,18?,19?,20?,21?,22?,24?,25?/m1/s1. The Morgan fingerprint density at radius 2 is 1.83 bits per heavy atom. The van der Waals surface area contributed by atoms with Crippen LogP contribution in [0.15, 0.2) is 0 Å². The lowest BCUT2D eigenvalue weighted by Gasteiger charge is -2.42. The van der Waals surface area contributed by atoms with Gasteiger partial charge in [0.15, 0.2) is 0 Å². The van der Waals surface area contributed by atoms with E-state index in [0.717, 1.165) is 58.7 Å². The van der Waals surface area contributed by atoms with Crippen molar-refractivity contribution in [3.05, 3.63) is 0 Å². The van der Waals surface area contributed by atoms with Gasteiger partial charge in [0, 0.05) is 71.6 Å². The maximum atomic E-state index is 13.2. The van der Waals surface area contributed by atoms with Crippen molar-refractivity contribution in [3.63, 3.8) is 0 Å². The van der Waals surface area contributed by atoms with Gasteiger partial charge in [0.05, 0.1) is 12.1 Å². The predicted octanol–water partition coefficient (Wildman–Crippen LogP) is -1.89. The number of rotatable bonds is 7. The highest BCUT2D eigenvalue weighted by molar-refractivity contribution is 5.81. The first-order chi connectivity index (χ1) is 17.4. The van der Waals surface area contributed by atoms with E-state index in [1.807, 2.05) is 7.05 Å². The molecule has 36 heavy (non-hydrogen) atoms. The highest BCUT2D eigenvalue weighted by Gasteiger charge is 2.47. The Hall–Kier alpha value is -0.890. The Labute approximate surface area is 216 Å². The minimum absolute atomic E-state index is 0.0209. The minimum Gasteiger partial charge on any atom is -0.364 e. The van der Waals surface area contributed by atoms with Gasteiger partial charge in [0.25, 0.3) is 0 Å². The number of hydrogen-bond acceptors (Lipinski definition) is 10. The number of methoxy groups -OCH3 is 1. The SMILES string of the molecule is COC1NN(C)CC1NC1NCCC(C2CNC3C(NC(=O)[C@@H](C)N4CCN(C)CC4)CCCC23)N1. The van der Waals surface area contributed by atoms with Crippen LogP contribution in [0.2, 0.25) is 0 Å². The van der Waals surface area contributed by atoms with Crippen LogP contribution in [-0.4, -0.2) is 130 Å². The van der Waals surface area contributed by atoms with Crippen LogP contribution >= 0.6 is 0 Å². The van der Waals surface area contributed by atoms with E-state index < -0.39 is 0 Å². The van der Waals surface area contributed by atoms with Crippen LogP contribution in [-0.2, 0) is 9.53 Å². The maximum absolute atomic E-state index is 13.2. The van der Waals surface area contributed by atoms with Crippen molar-refractivity contribution in [2.24, 2.45) is 11.8 Å². The number of carbonyl (C=O) groups is 1. The lowest BCUT2D eigenvalue weighted by Crippen LogP contribution is -2.66. The van der Waals surface area contributed by atoms with Crippen molar-refractivity contribution in [3.8, 4) is 0 Å². The van der Waals surface area contributed by atoms with Gasteiger partial charge in [-0.2, -0.15) is 0 Å². The summed E-state index contributed by atoms with van der Waals surface area (Å²) in [5.41, 5.74) is 3.34. The van der Waals surface area contributed by atoms with Crippen molar-refractivity contribution in [2.45, 2.75) is 75.3 Å². The van der Waals surface area contributed by atoms with Crippen LogP contribution < -0.4 is 32.0 Å². The van der Waals surface area contributed by atoms with Gasteiger partial charge in [-0.15, -0.1) is 0 Å².